The number of carbonyl (C=O) groups is 1. The number of phenols is 1. The standard InChI is InChI=1S/C27H37N5O5/c1-5-30-27(34)26(29)32(25(28)22-16-21(18(2)3)24(35-4)17-23(22)33)19-6-8-20(9-7-19)37-15-12-31-10-13-36-14-11-31/h6-9,16-18,28-29,33H,5,10-15H2,1-4H3,(H,30,34). The third-order valence-corrected chi connectivity index (χ3v) is 6.10. The fourth-order valence-electron chi connectivity index (χ4n) is 4.05. The molecule has 37 heavy (non-hydrogen) atoms. The Hall–Kier alpha value is -3.63. The highest BCUT2D eigenvalue weighted by Gasteiger charge is 2.27. The van der Waals surface area contributed by atoms with Crippen LogP contribution in [0.5, 0.6) is 17.2 Å². The van der Waals surface area contributed by atoms with Gasteiger partial charge in [-0.15, -0.1) is 0 Å². The van der Waals surface area contributed by atoms with E-state index in [0.717, 1.165) is 38.4 Å². The number of methoxy groups -OCH3 is 1. The molecular formula is C27H37N5O5. The molecule has 0 radical (unpaired) electrons. The Bertz CT molecular complexity index is 1100. The Morgan fingerprint density at radius 1 is 1.19 bits per heavy atom. The molecule has 10 nitrogen and oxygen atoms in total. The van der Waals surface area contributed by atoms with Crippen LogP contribution in [0.1, 0.15) is 37.8 Å². The van der Waals surface area contributed by atoms with E-state index in [9.17, 15) is 9.90 Å². The number of likely N-dealkylation sites (N-methyl/N-ethyl adjacent to an activating group) is 1. The van der Waals surface area contributed by atoms with E-state index < -0.39 is 11.7 Å². The number of ether oxygens (including phenoxy) is 3. The Morgan fingerprint density at radius 3 is 2.46 bits per heavy atom. The average molecular weight is 512 g/mol. The fraction of sp³-hybridized carbons (Fsp3) is 0.444. The summed E-state index contributed by atoms with van der Waals surface area (Å²) in [6, 6.07) is 9.99. The van der Waals surface area contributed by atoms with E-state index in [0.29, 0.717) is 30.3 Å². The van der Waals surface area contributed by atoms with Crippen molar-refractivity contribution in [2.24, 2.45) is 0 Å². The SMILES string of the molecule is CCNC(=O)C(=N)N(C(=N)c1cc(C(C)C)c(OC)cc1O)c1ccc(OCCN2CCOCC2)cc1. The van der Waals surface area contributed by atoms with Crippen LogP contribution in [-0.4, -0.2) is 80.7 Å². The zero-order valence-corrected chi connectivity index (χ0v) is 22.0. The Labute approximate surface area is 218 Å². The molecule has 0 unspecified atom stereocenters. The third-order valence-electron chi connectivity index (χ3n) is 6.10. The number of benzene rings is 2. The van der Waals surface area contributed by atoms with Crippen molar-refractivity contribution in [2.45, 2.75) is 26.7 Å². The summed E-state index contributed by atoms with van der Waals surface area (Å²) in [4.78, 5) is 16.1. The molecular weight excluding hydrogens is 474 g/mol. The topological polar surface area (TPSA) is 131 Å². The van der Waals surface area contributed by atoms with E-state index >= 15 is 0 Å². The van der Waals surface area contributed by atoms with Crippen LogP contribution in [0.15, 0.2) is 36.4 Å². The van der Waals surface area contributed by atoms with Crippen molar-refractivity contribution in [3.05, 3.63) is 47.5 Å². The quantitative estimate of drug-likeness (QED) is 0.300. The van der Waals surface area contributed by atoms with Crippen LogP contribution in [0.25, 0.3) is 0 Å². The second-order valence-electron chi connectivity index (χ2n) is 8.95. The predicted molar refractivity (Wildman–Crippen MR) is 144 cm³/mol. The van der Waals surface area contributed by atoms with Gasteiger partial charge < -0.3 is 24.6 Å². The average Bonchev–Trinajstić information content (AvgIpc) is 2.89. The number of aromatic hydroxyl groups is 1. The van der Waals surface area contributed by atoms with Crippen molar-refractivity contribution in [2.75, 3.05) is 58.0 Å². The summed E-state index contributed by atoms with van der Waals surface area (Å²) < 4.78 is 16.6. The largest absolute Gasteiger partial charge is 0.507 e. The van der Waals surface area contributed by atoms with Gasteiger partial charge in [-0.05, 0) is 48.7 Å². The molecule has 4 N–H and O–H groups in total. The maximum atomic E-state index is 12.6. The molecule has 1 saturated heterocycles. The predicted octanol–water partition coefficient (Wildman–Crippen LogP) is 3.18. The minimum atomic E-state index is -0.629. The Morgan fingerprint density at radius 2 is 1.86 bits per heavy atom. The van der Waals surface area contributed by atoms with Crippen LogP contribution in [0, 0.1) is 10.8 Å². The van der Waals surface area contributed by atoms with Crippen molar-refractivity contribution >= 4 is 23.3 Å². The van der Waals surface area contributed by atoms with Gasteiger partial charge >= 0.3 is 0 Å². The van der Waals surface area contributed by atoms with Crippen molar-refractivity contribution in [1.82, 2.24) is 10.2 Å². The minimum absolute atomic E-state index is 0.0623. The number of amidine groups is 2. The smallest absolute Gasteiger partial charge is 0.287 e. The van der Waals surface area contributed by atoms with Gasteiger partial charge in [-0.2, -0.15) is 0 Å². The van der Waals surface area contributed by atoms with Crippen molar-refractivity contribution in [3.63, 3.8) is 0 Å². The zero-order valence-electron chi connectivity index (χ0n) is 22.0. The van der Waals surface area contributed by atoms with E-state index in [1.54, 1.807) is 37.3 Å². The first kappa shape index (κ1) is 27.9. The summed E-state index contributed by atoms with van der Waals surface area (Å²) in [6.07, 6.45) is 0. The zero-order chi connectivity index (χ0) is 26.9. The number of carbonyl (C=O) groups excluding carboxylic acids is 1. The highest BCUT2D eigenvalue weighted by atomic mass is 16.5. The summed E-state index contributed by atoms with van der Waals surface area (Å²) in [5.74, 6) is -0.241. The van der Waals surface area contributed by atoms with Gasteiger partial charge in [-0.25, -0.2) is 0 Å². The molecule has 2 aromatic carbocycles. The number of anilines is 1. The molecule has 2 aromatic rings. The number of hydrogen-bond donors (Lipinski definition) is 4. The molecule has 1 fully saturated rings. The first-order valence-electron chi connectivity index (χ1n) is 12.5. The highest BCUT2D eigenvalue weighted by Crippen LogP contribution is 2.34. The molecule has 0 aliphatic carbocycles. The highest BCUT2D eigenvalue weighted by molar-refractivity contribution is 6.48. The lowest BCUT2D eigenvalue weighted by Gasteiger charge is -2.27. The lowest BCUT2D eigenvalue weighted by molar-refractivity contribution is -0.114. The molecule has 1 aliphatic heterocycles. The number of rotatable bonds is 9. The molecule has 1 amide bonds. The number of nitrogens with one attached hydrogen (secondary N) is 3. The molecule has 0 atom stereocenters. The normalized spacial score (nSPS) is 13.8. The monoisotopic (exact) mass is 511 g/mol. The number of nitrogens with zero attached hydrogens (tertiary/aromatic N) is 2. The van der Waals surface area contributed by atoms with Gasteiger partial charge in [0.1, 0.15) is 29.7 Å². The number of amides is 1. The number of morpholine rings is 1. The molecule has 1 heterocycles. The lowest BCUT2D eigenvalue weighted by atomic mass is 9.98. The molecule has 1 aliphatic rings. The van der Waals surface area contributed by atoms with Gasteiger partial charge in [0, 0.05) is 37.9 Å². The minimum Gasteiger partial charge on any atom is -0.507 e. The Balaban J connectivity index is 1.86. The van der Waals surface area contributed by atoms with E-state index in [1.165, 1.54) is 18.1 Å². The van der Waals surface area contributed by atoms with Crippen molar-refractivity contribution in [3.8, 4) is 17.2 Å². The lowest BCUT2D eigenvalue weighted by Crippen LogP contribution is -2.46. The Kier molecular flexibility index (Phi) is 9.87. The maximum Gasteiger partial charge on any atom is 0.287 e. The second-order valence-corrected chi connectivity index (χ2v) is 8.95. The third kappa shape index (κ3) is 6.99. The van der Waals surface area contributed by atoms with Crippen LogP contribution >= 0.6 is 0 Å². The summed E-state index contributed by atoms with van der Waals surface area (Å²) >= 11 is 0. The van der Waals surface area contributed by atoms with E-state index in [4.69, 9.17) is 25.0 Å². The first-order chi connectivity index (χ1) is 17.8. The summed E-state index contributed by atoms with van der Waals surface area (Å²) in [5.41, 5.74) is 1.40. The molecule has 0 saturated carbocycles. The number of hydrogen-bond acceptors (Lipinski definition) is 8. The molecule has 3 rings (SSSR count). The summed E-state index contributed by atoms with van der Waals surface area (Å²) in [5, 5.41) is 30.8. The van der Waals surface area contributed by atoms with Gasteiger partial charge in [-0.1, -0.05) is 13.8 Å². The fourth-order valence-corrected chi connectivity index (χ4v) is 4.05. The van der Waals surface area contributed by atoms with Gasteiger partial charge in [0.15, 0.2) is 5.84 Å². The van der Waals surface area contributed by atoms with Crippen molar-refractivity contribution < 1.29 is 24.1 Å². The maximum absolute atomic E-state index is 12.6. The van der Waals surface area contributed by atoms with Crippen LogP contribution in [0.4, 0.5) is 5.69 Å². The van der Waals surface area contributed by atoms with E-state index in [1.807, 2.05) is 13.8 Å². The van der Waals surface area contributed by atoms with Crippen LogP contribution in [0.2, 0.25) is 0 Å². The van der Waals surface area contributed by atoms with Gasteiger partial charge in [0.25, 0.3) is 5.91 Å². The van der Waals surface area contributed by atoms with Gasteiger partial charge in [0.2, 0.25) is 0 Å². The molecule has 0 aromatic heterocycles. The summed E-state index contributed by atoms with van der Waals surface area (Å²) in [6.45, 7) is 10.6. The molecule has 200 valence electrons. The van der Waals surface area contributed by atoms with Crippen LogP contribution in [-0.2, 0) is 9.53 Å². The molecule has 0 bridgehead atoms. The molecule has 0 spiro atoms. The van der Waals surface area contributed by atoms with Crippen molar-refractivity contribution in [1.29, 1.82) is 10.8 Å². The first-order valence-corrected chi connectivity index (χ1v) is 12.5. The van der Waals surface area contributed by atoms with Gasteiger partial charge in [-0.3, -0.25) is 25.4 Å². The van der Waals surface area contributed by atoms with E-state index in [-0.39, 0.29) is 23.1 Å². The van der Waals surface area contributed by atoms with Gasteiger partial charge in [0.05, 0.1) is 25.9 Å². The number of phenolic OH excluding ortho intramolecular Hbond substituents is 1. The van der Waals surface area contributed by atoms with Crippen LogP contribution < -0.4 is 19.7 Å². The second kappa shape index (κ2) is 13.1. The summed E-state index contributed by atoms with van der Waals surface area (Å²) in [7, 11) is 1.52. The molecule has 10 heteroatoms. The van der Waals surface area contributed by atoms with Crippen LogP contribution in [0.3, 0.4) is 0 Å². The van der Waals surface area contributed by atoms with E-state index in [2.05, 4.69) is 10.2 Å².